The maximum Gasteiger partial charge on any atom is 0.401 e. The highest BCUT2D eigenvalue weighted by Gasteiger charge is 2.42. The lowest BCUT2D eigenvalue weighted by atomic mass is 10.0. The van der Waals surface area contributed by atoms with E-state index in [1.54, 1.807) is 28.9 Å². The van der Waals surface area contributed by atoms with Crippen molar-refractivity contribution in [2.75, 3.05) is 18.8 Å². The predicted molar refractivity (Wildman–Crippen MR) is 110 cm³/mol. The van der Waals surface area contributed by atoms with Crippen molar-refractivity contribution in [3.63, 3.8) is 0 Å². The van der Waals surface area contributed by atoms with Crippen molar-refractivity contribution < 1.29 is 18.0 Å². The lowest BCUT2D eigenvalue weighted by Gasteiger charge is -2.33. The minimum Gasteiger partial charge on any atom is -0.364 e. The van der Waals surface area contributed by atoms with Crippen LogP contribution in [0.3, 0.4) is 0 Å². The second-order valence-corrected chi connectivity index (χ2v) is 8.62. The van der Waals surface area contributed by atoms with Gasteiger partial charge in [0, 0.05) is 49.6 Å². The fourth-order valence-corrected chi connectivity index (χ4v) is 4.75. The number of pyridine rings is 1. The molecule has 4 rings (SSSR count). The van der Waals surface area contributed by atoms with Crippen LogP contribution in [0.25, 0.3) is 22.0 Å². The van der Waals surface area contributed by atoms with Crippen LogP contribution in [0.2, 0.25) is 0 Å². The van der Waals surface area contributed by atoms with Gasteiger partial charge < -0.3 is 5.73 Å². The largest absolute Gasteiger partial charge is 0.401 e. The second kappa shape index (κ2) is 7.92. The Morgan fingerprint density at radius 2 is 2.13 bits per heavy atom. The maximum absolute atomic E-state index is 13.1. The minimum atomic E-state index is -4.21. The van der Waals surface area contributed by atoms with Gasteiger partial charge in [-0.3, -0.25) is 14.4 Å². The average Bonchev–Trinajstić information content (AvgIpc) is 3.12. The molecule has 1 aromatic carbocycles. The molecule has 6 nitrogen and oxygen atoms in total. The standard InChI is InChI=1S/C20H20F3N5OS/c1-27-10-13(8-25-27)15-7-17(19(24)29)26-16-6-12(2-3-14(15)16)9-28-4-5-30-18(11-28)20(21,22)23/h2-3,6-8,10,18H,4-5,9,11H2,1H3,(H2,24,29). The van der Waals surface area contributed by atoms with E-state index < -0.39 is 17.3 Å². The van der Waals surface area contributed by atoms with Crippen LogP contribution in [0, 0.1) is 0 Å². The predicted octanol–water partition coefficient (Wildman–Crippen LogP) is 3.21. The third-order valence-electron chi connectivity index (χ3n) is 5.06. The zero-order chi connectivity index (χ0) is 21.5. The van der Waals surface area contributed by atoms with E-state index in [9.17, 15) is 18.0 Å². The van der Waals surface area contributed by atoms with Gasteiger partial charge >= 0.3 is 6.18 Å². The van der Waals surface area contributed by atoms with Gasteiger partial charge in [0.1, 0.15) is 10.9 Å². The second-order valence-electron chi connectivity index (χ2n) is 7.31. The van der Waals surface area contributed by atoms with Crippen LogP contribution in [0.1, 0.15) is 16.1 Å². The summed E-state index contributed by atoms with van der Waals surface area (Å²) in [4.78, 5) is 18.0. The van der Waals surface area contributed by atoms with Crippen molar-refractivity contribution in [2.24, 2.45) is 12.8 Å². The molecule has 2 aromatic heterocycles. The monoisotopic (exact) mass is 435 g/mol. The number of amides is 1. The van der Waals surface area contributed by atoms with E-state index in [2.05, 4.69) is 10.1 Å². The van der Waals surface area contributed by atoms with Gasteiger partial charge in [0.05, 0.1) is 11.7 Å². The lowest BCUT2D eigenvalue weighted by Crippen LogP contribution is -2.44. The number of rotatable bonds is 4. The summed E-state index contributed by atoms with van der Waals surface area (Å²) in [7, 11) is 1.80. The summed E-state index contributed by atoms with van der Waals surface area (Å²) in [5, 5.41) is 3.62. The molecule has 1 saturated heterocycles. The third kappa shape index (κ3) is 4.29. The number of alkyl halides is 3. The van der Waals surface area contributed by atoms with Gasteiger partial charge in [0.2, 0.25) is 0 Å². The fourth-order valence-electron chi connectivity index (χ4n) is 3.60. The van der Waals surface area contributed by atoms with Crippen LogP contribution >= 0.6 is 11.8 Å². The van der Waals surface area contributed by atoms with Gasteiger partial charge in [0.25, 0.3) is 5.91 Å². The number of aromatic nitrogens is 3. The fraction of sp³-hybridized carbons (Fsp3) is 0.350. The molecular formula is C20H20F3N5OS. The van der Waals surface area contributed by atoms with Crippen LogP contribution in [-0.4, -0.2) is 55.8 Å². The number of hydrogen-bond donors (Lipinski definition) is 1. The Bertz CT molecular complexity index is 1100. The molecule has 1 unspecified atom stereocenters. The first kappa shape index (κ1) is 20.7. The molecule has 1 fully saturated rings. The van der Waals surface area contributed by atoms with Crippen LogP contribution in [0.15, 0.2) is 36.7 Å². The number of halogens is 3. The smallest absolute Gasteiger partial charge is 0.364 e. The van der Waals surface area contributed by atoms with Crippen molar-refractivity contribution in [3.05, 3.63) is 47.9 Å². The van der Waals surface area contributed by atoms with Gasteiger partial charge in [-0.15, -0.1) is 11.8 Å². The van der Waals surface area contributed by atoms with Gasteiger partial charge in [0.15, 0.2) is 0 Å². The topological polar surface area (TPSA) is 77.0 Å². The maximum atomic E-state index is 13.1. The van der Waals surface area contributed by atoms with Gasteiger partial charge in [-0.25, -0.2) is 4.98 Å². The van der Waals surface area contributed by atoms with Crippen molar-refractivity contribution in [1.29, 1.82) is 0 Å². The van der Waals surface area contributed by atoms with E-state index in [0.29, 0.717) is 24.4 Å². The van der Waals surface area contributed by atoms with E-state index in [0.717, 1.165) is 33.8 Å². The van der Waals surface area contributed by atoms with Crippen molar-refractivity contribution in [1.82, 2.24) is 19.7 Å². The van der Waals surface area contributed by atoms with Gasteiger partial charge in [-0.05, 0) is 23.3 Å². The molecule has 0 saturated carbocycles. The number of primary amides is 1. The first-order chi connectivity index (χ1) is 14.2. The number of nitrogens with two attached hydrogens (primary N) is 1. The Kier molecular flexibility index (Phi) is 5.46. The molecule has 3 aromatic rings. The summed E-state index contributed by atoms with van der Waals surface area (Å²) >= 11 is 0.955. The molecule has 1 aliphatic heterocycles. The number of carbonyl (C=O) groups is 1. The number of aryl methyl sites for hydroxylation is 1. The molecule has 1 aliphatic rings. The van der Waals surface area contributed by atoms with Crippen LogP contribution in [-0.2, 0) is 13.6 Å². The van der Waals surface area contributed by atoms with E-state index >= 15 is 0 Å². The number of benzene rings is 1. The van der Waals surface area contributed by atoms with Crippen molar-refractivity contribution in [2.45, 2.75) is 18.0 Å². The molecule has 10 heteroatoms. The molecule has 3 heterocycles. The quantitative estimate of drug-likeness (QED) is 0.681. The molecule has 0 aliphatic carbocycles. The van der Waals surface area contributed by atoms with Crippen LogP contribution in [0.4, 0.5) is 13.2 Å². The average molecular weight is 435 g/mol. The Morgan fingerprint density at radius 1 is 1.33 bits per heavy atom. The lowest BCUT2D eigenvalue weighted by molar-refractivity contribution is -0.133. The number of thioether (sulfide) groups is 1. The highest BCUT2D eigenvalue weighted by Crippen LogP contribution is 2.34. The van der Waals surface area contributed by atoms with E-state index in [1.165, 1.54) is 0 Å². The molecule has 1 amide bonds. The number of nitrogens with zero attached hydrogens (tertiary/aromatic N) is 4. The first-order valence-electron chi connectivity index (χ1n) is 9.34. The van der Waals surface area contributed by atoms with Crippen molar-refractivity contribution in [3.8, 4) is 11.1 Å². The molecule has 0 radical (unpaired) electrons. The summed E-state index contributed by atoms with van der Waals surface area (Å²) in [5.74, 6) is -0.207. The zero-order valence-corrected chi connectivity index (χ0v) is 17.0. The van der Waals surface area contributed by atoms with E-state index in [4.69, 9.17) is 5.73 Å². The number of carbonyl (C=O) groups excluding carboxylic acids is 1. The Hall–Kier alpha value is -2.59. The van der Waals surface area contributed by atoms with Crippen LogP contribution < -0.4 is 5.73 Å². The summed E-state index contributed by atoms with van der Waals surface area (Å²) in [6.45, 7) is 0.931. The first-order valence-corrected chi connectivity index (χ1v) is 10.4. The van der Waals surface area contributed by atoms with Crippen molar-refractivity contribution >= 4 is 28.6 Å². The summed E-state index contributed by atoms with van der Waals surface area (Å²) in [5.41, 5.74) is 8.59. The molecule has 0 spiro atoms. The summed E-state index contributed by atoms with van der Waals surface area (Å²) in [6.07, 6.45) is -0.685. The molecule has 0 bridgehead atoms. The zero-order valence-electron chi connectivity index (χ0n) is 16.2. The van der Waals surface area contributed by atoms with Gasteiger partial charge in [-0.2, -0.15) is 18.3 Å². The van der Waals surface area contributed by atoms with Gasteiger partial charge in [-0.1, -0.05) is 12.1 Å². The van der Waals surface area contributed by atoms with E-state index in [-0.39, 0.29) is 12.2 Å². The Balaban J connectivity index is 1.67. The Morgan fingerprint density at radius 3 is 2.80 bits per heavy atom. The number of fused-ring (bicyclic) bond motifs is 1. The molecule has 1 atom stereocenters. The summed E-state index contributed by atoms with van der Waals surface area (Å²) in [6, 6.07) is 7.21. The van der Waals surface area contributed by atoms with E-state index in [1.807, 2.05) is 24.4 Å². The Labute approximate surface area is 175 Å². The molecule has 158 valence electrons. The highest BCUT2D eigenvalue weighted by molar-refractivity contribution is 8.00. The highest BCUT2D eigenvalue weighted by atomic mass is 32.2. The molecular weight excluding hydrogens is 415 g/mol. The third-order valence-corrected chi connectivity index (χ3v) is 6.30. The van der Waals surface area contributed by atoms with Crippen LogP contribution in [0.5, 0.6) is 0 Å². The molecule has 30 heavy (non-hydrogen) atoms. The SMILES string of the molecule is Cn1cc(-c2cc(C(N)=O)nc3cc(CN4CCSC(C(F)(F)F)C4)ccc23)cn1. The molecule has 2 N–H and O–H groups in total. The minimum absolute atomic E-state index is 0.0398. The summed E-state index contributed by atoms with van der Waals surface area (Å²) < 4.78 is 40.9. The number of hydrogen-bond acceptors (Lipinski definition) is 5. The normalized spacial score (nSPS) is 18.1.